The van der Waals surface area contributed by atoms with Crippen LogP contribution in [0.3, 0.4) is 0 Å². The standard InChI is InChI=1S/C14H16FN3O2.ClH/c1-14(5-6-16-9-14)13-17-12(18-20-13)8-19-11-4-2-3-10(15)7-11;/h2-4,7,16H,5-6,8-9H2,1H3;1H. The Morgan fingerprint density at radius 3 is 3.05 bits per heavy atom. The maximum Gasteiger partial charge on any atom is 0.234 e. The molecule has 0 spiro atoms. The van der Waals surface area contributed by atoms with Crippen LogP contribution in [0.2, 0.25) is 0 Å². The van der Waals surface area contributed by atoms with Crippen molar-refractivity contribution in [3.05, 3.63) is 41.8 Å². The molecule has 1 aromatic carbocycles. The van der Waals surface area contributed by atoms with Gasteiger partial charge in [-0.2, -0.15) is 4.98 Å². The number of hydrogen-bond acceptors (Lipinski definition) is 5. The highest BCUT2D eigenvalue weighted by atomic mass is 35.5. The minimum Gasteiger partial charge on any atom is -0.485 e. The van der Waals surface area contributed by atoms with Crippen molar-refractivity contribution in [3.8, 4) is 5.75 Å². The second kappa shape index (κ2) is 6.41. The third-order valence-electron chi connectivity index (χ3n) is 3.52. The predicted octanol–water partition coefficient (Wildman–Crippen LogP) is 2.46. The fourth-order valence-corrected chi connectivity index (χ4v) is 2.26. The van der Waals surface area contributed by atoms with E-state index in [1.54, 1.807) is 12.1 Å². The third-order valence-corrected chi connectivity index (χ3v) is 3.52. The van der Waals surface area contributed by atoms with Gasteiger partial charge in [-0.25, -0.2) is 4.39 Å². The molecule has 0 aliphatic carbocycles. The fraction of sp³-hybridized carbons (Fsp3) is 0.429. The van der Waals surface area contributed by atoms with E-state index >= 15 is 0 Å². The molecule has 0 bridgehead atoms. The van der Waals surface area contributed by atoms with Crippen molar-refractivity contribution in [2.24, 2.45) is 0 Å². The Morgan fingerprint density at radius 2 is 2.33 bits per heavy atom. The minimum absolute atomic E-state index is 0. The molecule has 1 aliphatic rings. The molecule has 1 unspecified atom stereocenters. The largest absolute Gasteiger partial charge is 0.485 e. The molecule has 2 heterocycles. The molecule has 0 radical (unpaired) electrons. The molecule has 1 atom stereocenters. The van der Waals surface area contributed by atoms with E-state index in [4.69, 9.17) is 9.26 Å². The summed E-state index contributed by atoms with van der Waals surface area (Å²) in [6.07, 6.45) is 0.972. The summed E-state index contributed by atoms with van der Waals surface area (Å²) < 4.78 is 23.8. The lowest BCUT2D eigenvalue weighted by Gasteiger charge is -2.15. The van der Waals surface area contributed by atoms with E-state index in [-0.39, 0.29) is 30.2 Å². The second-order valence-corrected chi connectivity index (χ2v) is 5.25. The van der Waals surface area contributed by atoms with Crippen LogP contribution in [0.25, 0.3) is 0 Å². The normalized spacial score (nSPS) is 21.0. The summed E-state index contributed by atoms with van der Waals surface area (Å²) in [6, 6.07) is 5.97. The van der Waals surface area contributed by atoms with Crippen molar-refractivity contribution in [3.63, 3.8) is 0 Å². The maximum absolute atomic E-state index is 13.0. The van der Waals surface area contributed by atoms with Crippen LogP contribution in [0.1, 0.15) is 25.1 Å². The smallest absolute Gasteiger partial charge is 0.234 e. The lowest BCUT2D eigenvalue weighted by molar-refractivity contribution is 0.276. The van der Waals surface area contributed by atoms with Gasteiger partial charge in [0.15, 0.2) is 6.61 Å². The number of ether oxygens (including phenoxy) is 1. The summed E-state index contributed by atoms with van der Waals surface area (Å²) in [5, 5.41) is 7.19. The lowest BCUT2D eigenvalue weighted by Crippen LogP contribution is -2.25. The first kappa shape index (κ1) is 15.7. The number of hydrogen-bond donors (Lipinski definition) is 1. The number of halogens is 2. The molecule has 21 heavy (non-hydrogen) atoms. The quantitative estimate of drug-likeness (QED) is 0.939. The molecule has 2 aromatic rings. The number of nitrogens with one attached hydrogen (secondary N) is 1. The molecule has 0 amide bonds. The second-order valence-electron chi connectivity index (χ2n) is 5.25. The fourth-order valence-electron chi connectivity index (χ4n) is 2.26. The summed E-state index contributed by atoms with van der Waals surface area (Å²) in [4.78, 5) is 4.36. The van der Waals surface area contributed by atoms with Crippen molar-refractivity contribution >= 4 is 12.4 Å². The van der Waals surface area contributed by atoms with Gasteiger partial charge in [0.25, 0.3) is 0 Å². The van der Waals surface area contributed by atoms with Gasteiger partial charge in [0.2, 0.25) is 11.7 Å². The number of benzene rings is 1. The van der Waals surface area contributed by atoms with Gasteiger partial charge in [-0.05, 0) is 32.0 Å². The van der Waals surface area contributed by atoms with Gasteiger partial charge in [-0.15, -0.1) is 12.4 Å². The van der Waals surface area contributed by atoms with Gasteiger partial charge < -0.3 is 14.6 Å². The Labute approximate surface area is 128 Å². The van der Waals surface area contributed by atoms with Gasteiger partial charge in [0.1, 0.15) is 11.6 Å². The SMILES string of the molecule is CC1(c2nc(COc3cccc(F)c3)no2)CCNC1.Cl. The van der Waals surface area contributed by atoms with Gasteiger partial charge in [-0.3, -0.25) is 0 Å². The summed E-state index contributed by atoms with van der Waals surface area (Å²) in [5.41, 5.74) is -0.107. The first-order valence-electron chi connectivity index (χ1n) is 6.58. The number of rotatable bonds is 4. The molecule has 0 saturated carbocycles. The van der Waals surface area contributed by atoms with Crippen LogP contribution in [-0.2, 0) is 12.0 Å². The van der Waals surface area contributed by atoms with E-state index in [9.17, 15) is 4.39 Å². The molecule has 1 fully saturated rings. The summed E-state index contributed by atoms with van der Waals surface area (Å²) in [7, 11) is 0. The molecule has 1 aromatic heterocycles. The van der Waals surface area contributed by atoms with Crippen LogP contribution in [0.15, 0.2) is 28.8 Å². The molecule has 1 N–H and O–H groups in total. The molecule has 1 saturated heterocycles. The molecule has 3 rings (SSSR count). The first-order valence-corrected chi connectivity index (χ1v) is 6.58. The highest BCUT2D eigenvalue weighted by molar-refractivity contribution is 5.85. The Kier molecular flexibility index (Phi) is 4.80. The molecular weight excluding hydrogens is 297 g/mol. The summed E-state index contributed by atoms with van der Waals surface area (Å²) in [6.45, 7) is 4.04. The zero-order valence-corrected chi connectivity index (χ0v) is 12.5. The minimum atomic E-state index is -0.333. The molecule has 7 heteroatoms. The Morgan fingerprint density at radius 1 is 1.48 bits per heavy atom. The van der Waals surface area contributed by atoms with Crippen LogP contribution < -0.4 is 10.1 Å². The van der Waals surface area contributed by atoms with Gasteiger partial charge in [-0.1, -0.05) is 11.2 Å². The van der Waals surface area contributed by atoms with Gasteiger partial charge in [0, 0.05) is 12.6 Å². The van der Waals surface area contributed by atoms with Crippen molar-refractivity contribution in [2.45, 2.75) is 25.4 Å². The van der Waals surface area contributed by atoms with E-state index < -0.39 is 0 Å². The predicted molar refractivity (Wildman–Crippen MR) is 77.1 cm³/mol. The average molecular weight is 314 g/mol. The molecule has 5 nitrogen and oxygen atoms in total. The molecule has 1 aliphatic heterocycles. The third kappa shape index (κ3) is 3.51. The van der Waals surface area contributed by atoms with Crippen molar-refractivity contribution in [1.82, 2.24) is 15.5 Å². The number of aromatic nitrogens is 2. The highest BCUT2D eigenvalue weighted by Crippen LogP contribution is 2.28. The van der Waals surface area contributed by atoms with Gasteiger partial charge in [0.05, 0.1) is 5.41 Å². The van der Waals surface area contributed by atoms with E-state index in [2.05, 4.69) is 22.4 Å². The van der Waals surface area contributed by atoms with Gasteiger partial charge >= 0.3 is 0 Å². The van der Waals surface area contributed by atoms with Crippen molar-refractivity contribution < 1.29 is 13.7 Å². The van der Waals surface area contributed by atoms with Crippen LogP contribution in [-0.4, -0.2) is 23.2 Å². The van der Waals surface area contributed by atoms with Crippen LogP contribution in [0.5, 0.6) is 5.75 Å². The van der Waals surface area contributed by atoms with Crippen molar-refractivity contribution in [2.75, 3.05) is 13.1 Å². The Hall–Kier alpha value is -1.66. The Bertz CT molecular complexity index is 599. The van der Waals surface area contributed by atoms with Crippen LogP contribution >= 0.6 is 12.4 Å². The maximum atomic E-state index is 13.0. The molecular formula is C14H17ClFN3O2. The number of nitrogens with zero attached hydrogens (tertiary/aromatic N) is 2. The first-order chi connectivity index (χ1) is 9.66. The monoisotopic (exact) mass is 313 g/mol. The average Bonchev–Trinajstić information content (AvgIpc) is 3.06. The van der Waals surface area contributed by atoms with Crippen LogP contribution in [0.4, 0.5) is 4.39 Å². The van der Waals surface area contributed by atoms with E-state index in [0.717, 1.165) is 19.5 Å². The van der Waals surface area contributed by atoms with E-state index in [1.807, 2.05) is 0 Å². The van der Waals surface area contributed by atoms with E-state index in [1.165, 1.54) is 12.1 Å². The molecule has 114 valence electrons. The summed E-state index contributed by atoms with van der Waals surface area (Å²) in [5.74, 6) is 1.21. The van der Waals surface area contributed by atoms with E-state index in [0.29, 0.717) is 17.5 Å². The Balaban J connectivity index is 0.00000161. The van der Waals surface area contributed by atoms with Crippen molar-refractivity contribution in [1.29, 1.82) is 0 Å². The zero-order valence-electron chi connectivity index (χ0n) is 11.6. The lowest BCUT2D eigenvalue weighted by atomic mass is 9.90. The zero-order chi connectivity index (χ0) is 14.0. The highest BCUT2D eigenvalue weighted by Gasteiger charge is 2.36. The van der Waals surface area contributed by atoms with Crippen LogP contribution in [0, 0.1) is 5.82 Å². The summed E-state index contributed by atoms with van der Waals surface area (Å²) >= 11 is 0. The topological polar surface area (TPSA) is 60.2 Å².